The highest BCUT2D eigenvalue weighted by Gasteiger charge is 2.34. The highest BCUT2D eigenvalue weighted by molar-refractivity contribution is 6.04. The van der Waals surface area contributed by atoms with E-state index in [0.29, 0.717) is 5.56 Å². The number of likely N-dealkylation sites (N-methyl/N-ethyl adjacent to an activating group) is 1. The summed E-state index contributed by atoms with van der Waals surface area (Å²) in [6.07, 6.45) is 0.866. The predicted octanol–water partition coefficient (Wildman–Crippen LogP) is -0.0960. The van der Waals surface area contributed by atoms with E-state index in [2.05, 4.69) is 10.9 Å². The number of nitrogens with zero attached hydrogens (tertiary/aromatic N) is 2. The van der Waals surface area contributed by atoms with Gasteiger partial charge in [0.1, 0.15) is 13.1 Å². The standard InChI is InChI=1S/C15H18N4O4/c1-3-10-4-6-11(7-5-10)14(22)17-16-12(20)8-19-13(21)9-18(2)15(19)23/h4-7H,3,8-9H2,1-2H3,(H,16,20)(H,17,22). The van der Waals surface area contributed by atoms with Gasteiger partial charge in [0.25, 0.3) is 17.7 Å². The van der Waals surface area contributed by atoms with Gasteiger partial charge in [0, 0.05) is 12.6 Å². The van der Waals surface area contributed by atoms with Crippen LogP contribution in [-0.4, -0.2) is 53.7 Å². The van der Waals surface area contributed by atoms with E-state index >= 15 is 0 Å². The Labute approximate surface area is 133 Å². The molecule has 1 heterocycles. The average molecular weight is 318 g/mol. The Morgan fingerprint density at radius 1 is 1.13 bits per heavy atom. The lowest BCUT2D eigenvalue weighted by atomic mass is 10.1. The highest BCUT2D eigenvalue weighted by Crippen LogP contribution is 2.07. The van der Waals surface area contributed by atoms with Gasteiger partial charge in [-0.2, -0.15) is 0 Å². The van der Waals surface area contributed by atoms with E-state index in [1.807, 2.05) is 19.1 Å². The van der Waals surface area contributed by atoms with Crippen LogP contribution in [0, 0.1) is 0 Å². The summed E-state index contributed by atoms with van der Waals surface area (Å²) in [5.74, 6) is -1.58. The summed E-state index contributed by atoms with van der Waals surface area (Å²) in [5.41, 5.74) is 5.94. The maximum absolute atomic E-state index is 11.9. The number of hydrogen-bond donors (Lipinski definition) is 2. The summed E-state index contributed by atoms with van der Waals surface area (Å²) < 4.78 is 0. The summed E-state index contributed by atoms with van der Waals surface area (Å²) in [4.78, 5) is 48.9. The molecule has 1 aromatic carbocycles. The second kappa shape index (κ2) is 6.91. The molecular weight excluding hydrogens is 300 g/mol. The Morgan fingerprint density at radius 2 is 1.78 bits per heavy atom. The van der Waals surface area contributed by atoms with E-state index in [9.17, 15) is 19.2 Å². The van der Waals surface area contributed by atoms with Crippen molar-refractivity contribution >= 4 is 23.8 Å². The molecule has 1 saturated heterocycles. The summed E-state index contributed by atoms with van der Waals surface area (Å²) >= 11 is 0. The quantitative estimate of drug-likeness (QED) is 0.598. The molecule has 0 bridgehead atoms. The van der Waals surface area contributed by atoms with Crippen LogP contribution in [0.25, 0.3) is 0 Å². The number of aryl methyl sites for hydroxylation is 1. The normalized spacial score (nSPS) is 14.2. The first-order valence-electron chi connectivity index (χ1n) is 7.16. The second-order valence-electron chi connectivity index (χ2n) is 5.17. The molecule has 1 aliphatic rings. The predicted molar refractivity (Wildman–Crippen MR) is 81.2 cm³/mol. The van der Waals surface area contributed by atoms with Gasteiger partial charge in [-0.3, -0.25) is 30.1 Å². The molecule has 2 rings (SSSR count). The fourth-order valence-corrected chi connectivity index (χ4v) is 2.10. The van der Waals surface area contributed by atoms with Gasteiger partial charge in [-0.25, -0.2) is 4.79 Å². The summed E-state index contributed by atoms with van der Waals surface area (Å²) in [7, 11) is 1.47. The van der Waals surface area contributed by atoms with Crippen molar-refractivity contribution < 1.29 is 19.2 Å². The topological polar surface area (TPSA) is 98.8 Å². The number of urea groups is 1. The second-order valence-corrected chi connectivity index (χ2v) is 5.17. The number of imide groups is 1. The third-order valence-corrected chi connectivity index (χ3v) is 3.47. The van der Waals surface area contributed by atoms with Crippen molar-refractivity contribution in [3.05, 3.63) is 35.4 Å². The SMILES string of the molecule is CCc1ccc(C(=O)NNC(=O)CN2C(=O)CN(C)C2=O)cc1. The van der Waals surface area contributed by atoms with Gasteiger partial charge >= 0.3 is 6.03 Å². The Bertz CT molecular complexity index is 641. The van der Waals surface area contributed by atoms with Crippen molar-refractivity contribution in [2.24, 2.45) is 0 Å². The van der Waals surface area contributed by atoms with Crippen molar-refractivity contribution in [2.75, 3.05) is 20.1 Å². The van der Waals surface area contributed by atoms with Gasteiger partial charge in [-0.1, -0.05) is 19.1 Å². The molecule has 0 aromatic heterocycles. The molecule has 23 heavy (non-hydrogen) atoms. The van der Waals surface area contributed by atoms with Crippen molar-refractivity contribution in [2.45, 2.75) is 13.3 Å². The lowest BCUT2D eigenvalue weighted by molar-refractivity contribution is -0.131. The zero-order valence-corrected chi connectivity index (χ0v) is 13.0. The van der Waals surface area contributed by atoms with E-state index in [1.165, 1.54) is 11.9 Å². The fraction of sp³-hybridized carbons (Fsp3) is 0.333. The number of hydrazine groups is 1. The summed E-state index contributed by atoms with van der Waals surface area (Å²) in [5, 5.41) is 0. The molecule has 0 spiro atoms. The van der Waals surface area contributed by atoms with Crippen LogP contribution in [-0.2, 0) is 16.0 Å². The minimum absolute atomic E-state index is 0.0533. The molecule has 8 nitrogen and oxygen atoms in total. The van der Waals surface area contributed by atoms with Crippen molar-refractivity contribution in [3.63, 3.8) is 0 Å². The monoisotopic (exact) mass is 318 g/mol. The number of carbonyl (C=O) groups is 4. The molecule has 0 unspecified atom stereocenters. The minimum Gasteiger partial charge on any atom is -0.318 e. The molecule has 1 aromatic rings. The summed E-state index contributed by atoms with van der Waals surface area (Å²) in [6, 6.07) is 6.43. The first-order chi connectivity index (χ1) is 10.9. The fourth-order valence-electron chi connectivity index (χ4n) is 2.10. The third kappa shape index (κ3) is 3.85. The molecule has 0 saturated carbocycles. The van der Waals surface area contributed by atoms with Gasteiger partial charge in [0.15, 0.2) is 0 Å². The lowest BCUT2D eigenvalue weighted by Gasteiger charge is -2.14. The molecule has 0 aliphatic carbocycles. The Hall–Kier alpha value is -2.90. The molecule has 0 atom stereocenters. The van der Waals surface area contributed by atoms with Crippen LogP contribution < -0.4 is 10.9 Å². The molecule has 0 radical (unpaired) electrons. The van der Waals surface area contributed by atoms with Crippen LogP contribution in [0.3, 0.4) is 0 Å². The number of hydrogen-bond acceptors (Lipinski definition) is 4. The summed E-state index contributed by atoms with van der Waals surface area (Å²) in [6.45, 7) is 1.52. The highest BCUT2D eigenvalue weighted by atomic mass is 16.2. The van der Waals surface area contributed by atoms with Crippen LogP contribution in [0.5, 0.6) is 0 Å². The smallest absolute Gasteiger partial charge is 0.318 e. The molecule has 122 valence electrons. The number of benzene rings is 1. The lowest BCUT2D eigenvalue weighted by Crippen LogP contribution is -2.47. The molecule has 2 N–H and O–H groups in total. The van der Waals surface area contributed by atoms with Gasteiger partial charge in [0.2, 0.25) is 0 Å². The van der Waals surface area contributed by atoms with E-state index in [4.69, 9.17) is 0 Å². The first kappa shape index (κ1) is 16.5. The molecule has 1 aliphatic heterocycles. The van der Waals surface area contributed by atoms with Gasteiger partial charge in [0.05, 0.1) is 0 Å². The molecule has 1 fully saturated rings. The zero-order chi connectivity index (χ0) is 17.0. The first-order valence-corrected chi connectivity index (χ1v) is 7.16. The largest absolute Gasteiger partial charge is 0.327 e. The Kier molecular flexibility index (Phi) is 4.95. The van der Waals surface area contributed by atoms with E-state index < -0.39 is 30.3 Å². The van der Waals surface area contributed by atoms with E-state index in [1.54, 1.807) is 12.1 Å². The average Bonchev–Trinajstić information content (AvgIpc) is 2.79. The zero-order valence-electron chi connectivity index (χ0n) is 13.0. The van der Waals surface area contributed by atoms with Crippen LogP contribution >= 0.6 is 0 Å². The number of amides is 5. The van der Waals surface area contributed by atoms with Crippen molar-refractivity contribution in [1.82, 2.24) is 20.7 Å². The van der Waals surface area contributed by atoms with Crippen LogP contribution in [0.1, 0.15) is 22.8 Å². The van der Waals surface area contributed by atoms with E-state index in [-0.39, 0.29) is 6.54 Å². The Balaban J connectivity index is 1.85. The van der Waals surface area contributed by atoms with Gasteiger partial charge in [-0.15, -0.1) is 0 Å². The number of carbonyl (C=O) groups excluding carboxylic acids is 4. The van der Waals surface area contributed by atoms with Crippen molar-refractivity contribution in [1.29, 1.82) is 0 Å². The third-order valence-electron chi connectivity index (χ3n) is 3.47. The molecule has 8 heteroatoms. The molecule has 5 amide bonds. The van der Waals surface area contributed by atoms with Crippen LogP contribution in [0.15, 0.2) is 24.3 Å². The van der Waals surface area contributed by atoms with E-state index in [0.717, 1.165) is 16.9 Å². The Morgan fingerprint density at radius 3 is 2.30 bits per heavy atom. The molecular formula is C15H18N4O4. The number of rotatable bonds is 4. The van der Waals surface area contributed by atoms with Crippen LogP contribution in [0.4, 0.5) is 4.79 Å². The minimum atomic E-state index is -0.652. The van der Waals surface area contributed by atoms with Crippen LogP contribution in [0.2, 0.25) is 0 Å². The number of nitrogens with one attached hydrogen (secondary N) is 2. The maximum Gasteiger partial charge on any atom is 0.327 e. The van der Waals surface area contributed by atoms with Gasteiger partial charge < -0.3 is 4.90 Å². The van der Waals surface area contributed by atoms with Crippen molar-refractivity contribution in [3.8, 4) is 0 Å². The van der Waals surface area contributed by atoms with Gasteiger partial charge in [-0.05, 0) is 24.1 Å². The maximum atomic E-state index is 11.9.